The first-order valence-corrected chi connectivity index (χ1v) is 7.59. The molecule has 2 heterocycles. The number of rotatable bonds is 5. The number of thiophene rings is 1. The molecule has 0 bridgehead atoms. The van der Waals surface area contributed by atoms with Gasteiger partial charge in [0.15, 0.2) is 0 Å². The average Bonchev–Trinajstić information content (AvgIpc) is 2.93. The zero-order valence-corrected chi connectivity index (χ0v) is 12.2. The minimum Gasteiger partial charge on any atom is -0.369 e. The number of nitrogens with zero attached hydrogens (tertiary/aromatic N) is 2. The maximum atomic E-state index is 13.1. The smallest absolute Gasteiger partial charge is 0.138 e. The fraction of sp³-hybridized carbons (Fsp3) is 0.200. The van der Waals surface area contributed by atoms with E-state index in [0.717, 1.165) is 40.1 Å². The highest BCUT2D eigenvalue weighted by Gasteiger charge is 2.12. The molecule has 6 heteroatoms. The molecule has 0 amide bonds. The number of fused-ring (bicyclic) bond motifs is 1. The number of nitrogens with one attached hydrogen (secondary N) is 1. The molecule has 3 N–H and O–H groups in total. The molecule has 108 valence electrons. The fourth-order valence-electron chi connectivity index (χ4n) is 2.16. The SMILES string of the molecule is NCCCNc1ncnc2scc(-c3ccc(F)cc3)c12. The van der Waals surface area contributed by atoms with Crippen LogP contribution in [0.1, 0.15) is 6.42 Å². The first-order chi connectivity index (χ1) is 10.3. The van der Waals surface area contributed by atoms with E-state index in [0.29, 0.717) is 6.54 Å². The van der Waals surface area contributed by atoms with E-state index in [2.05, 4.69) is 15.3 Å². The molecule has 4 nitrogen and oxygen atoms in total. The van der Waals surface area contributed by atoms with E-state index >= 15 is 0 Å². The molecule has 0 saturated heterocycles. The van der Waals surface area contributed by atoms with Crippen LogP contribution in [0.25, 0.3) is 21.3 Å². The Bertz CT molecular complexity index is 739. The minimum atomic E-state index is -0.240. The van der Waals surface area contributed by atoms with Gasteiger partial charge in [-0.05, 0) is 30.7 Å². The van der Waals surface area contributed by atoms with Gasteiger partial charge >= 0.3 is 0 Å². The Hall–Kier alpha value is -2.05. The molecule has 3 aromatic rings. The van der Waals surface area contributed by atoms with Crippen molar-refractivity contribution in [3.8, 4) is 11.1 Å². The Morgan fingerprint density at radius 3 is 2.76 bits per heavy atom. The second kappa shape index (κ2) is 6.15. The number of benzene rings is 1. The number of hydrogen-bond donors (Lipinski definition) is 2. The van der Waals surface area contributed by atoms with Crippen molar-refractivity contribution in [2.75, 3.05) is 18.4 Å². The lowest BCUT2D eigenvalue weighted by Crippen LogP contribution is -2.09. The standard InChI is InChI=1S/C15H15FN4S/c16-11-4-2-10(3-5-11)12-8-21-15-13(12)14(19-9-20-15)18-7-1-6-17/h2-5,8-9H,1,6-7,17H2,(H,18,19,20). The second-order valence-corrected chi connectivity index (χ2v) is 5.49. The van der Waals surface area contributed by atoms with Crippen molar-refractivity contribution in [3.63, 3.8) is 0 Å². The minimum absolute atomic E-state index is 0.240. The number of hydrogen-bond acceptors (Lipinski definition) is 5. The first-order valence-electron chi connectivity index (χ1n) is 6.71. The van der Waals surface area contributed by atoms with Gasteiger partial charge in [-0.3, -0.25) is 0 Å². The number of halogens is 1. The molecule has 0 unspecified atom stereocenters. The Balaban J connectivity index is 2.04. The van der Waals surface area contributed by atoms with E-state index in [1.165, 1.54) is 12.1 Å². The molecule has 1 aromatic carbocycles. The van der Waals surface area contributed by atoms with E-state index in [1.807, 2.05) is 5.38 Å². The van der Waals surface area contributed by atoms with Crippen LogP contribution >= 0.6 is 11.3 Å². The Morgan fingerprint density at radius 2 is 2.00 bits per heavy atom. The highest BCUT2D eigenvalue weighted by molar-refractivity contribution is 7.17. The Kier molecular flexibility index (Phi) is 4.08. The highest BCUT2D eigenvalue weighted by atomic mass is 32.1. The van der Waals surface area contributed by atoms with Crippen LogP contribution < -0.4 is 11.1 Å². The van der Waals surface area contributed by atoms with Crippen LogP contribution in [-0.4, -0.2) is 23.1 Å². The summed E-state index contributed by atoms with van der Waals surface area (Å²) >= 11 is 1.56. The summed E-state index contributed by atoms with van der Waals surface area (Å²) in [5, 5.41) is 6.30. The molecular weight excluding hydrogens is 287 g/mol. The van der Waals surface area contributed by atoms with Gasteiger partial charge in [0.1, 0.15) is 22.8 Å². The Morgan fingerprint density at radius 1 is 1.19 bits per heavy atom. The Labute approximate surface area is 125 Å². The van der Waals surface area contributed by atoms with Crippen LogP contribution in [-0.2, 0) is 0 Å². The molecule has 0 fully saturated rings. The third-order valence-electron chi connectivity index (χ3n) is 3.20. The van der Waals surface area contributed by atoms with Crippen LogP contribution in [0.4, 0.5) is 10.2 Å². The van der Waals surface area contributed by atoms with E-state index in [4.69, 9.17) is 5.73 Å². The molecule has 0 aliphatic carbocycles. The van der Waals surface area contributed by atoms with Crippen molar-refractivity contribution in [2.24, 2.45) is 5.73 Å². The maximum Gasteiger partial charge on any atom is 0.138 e. The lowest BCUT2D eigenvalue weighted by Gasteiger charge is -2.07. The van der Waals surface area contributed by atoms with Crippen molar-refractivity contribution in [2.45, 2.75) is 6.42 Å². The molecular formula is C15H15FN4S. The lowest BCUT2D eigenvalue weighted by atomic mass is 10.1. The van der Waals surface area contributed by atoms with E-state index in [1.54, 1.807) is 29.8 Å². The normalized spacial score (nSPS) is 11.0. The molecule has 21 heavy (non-hydrogen) atoms. The van der Waals surface area contributed by atoms with Crippen LogP contribution in [0.15, 0.2) is 36.0 Å². The molecule has 0 spiro atoms. The predicted molar refractivity (Wildman–Crippen MR) is 85.0 cm³/mol. The summed E-state index contributed by atoms with van der Waals surface area (Å²) in [6.07, 6.45) is 2.43. The quantitative estimate of drug-likeness (QED) is 0.710. The largest absolute Gasteiger partial charge is 0.369 e. The summed E-state index contributed by atoms with van der Waals surface area (Å²) in [4.78, 5) is 9.54. The summed E-state index contributed by atoms with van der Waals surface area (Å²) in [7, 11) is 0. The van der Waals surface area contributed by atoms with Crippen LogP contribution in [0.3, 0.4) is 0 Å². The number of aromatic nitrogens is 2. The molecule has 2 aromatic heterocycles. The van der Waals surface area contributed by atoms with E-state index in [9.17, 15) is 4.39 Å². The van der Waals surface area contributed by atoms with Crippen LogP contribution in [0.5, 0.6) is 0 Å². The van der Waals surface area contributed by atoms with Gasteiger partial charge in [0.05, 0.1) is 5.39 Å². The topological polar surface area (TPSA) is 63.8 Å². The fourth-order valence-corrected chi connectivity index (χ4v) is 3.08. The third kappa shape index (κ3) is 2.86. The van der Waals surface area contributed by atoms with Gasteiger partial charge in [0.25, 0.3) is 0 Å². The highest BCUT2D eigenvalue weighted by Crippen LogP contribution is 2.36. The molecule has 0 atom stereocenters. The van der Waals surface area contributed by atoms with Gasteiger partial charge in [-0.15, -0.1) is 11.3 Å². The van der Waals surface area contributed by atoms with E-state index < -0.39 is 0 Å². The summed E-state index contributed by atoms with van der Waals surface area (Å²) in [6, 6.07) is 6.47. The predicted octanol–water partition coefficient (Wildman–Crippen LogP) is 3.26. The summed E-state index contributed by atoms with van der Waals surface area (Å²) in [5.41, 5.74) is 7.49. The van der Waals surface area contributed by atoms with Gasteiger partial charge < -0.3 is 11.1 Å². The maximum absolute atomic E-state index is 13.1. The summed E-state index contributed by atoms with van der Waals surface area (Å²) in [5.74, 6) is 0.560. The summed E-state index contributed by atoms with van der Waals surface area (Å²) in [6.45, 7) is 1.40. The molecule has 0 aliphatic heterocycles. The van der Waals surface area contributed by atoms with Gasteiger partial charge in [0, 0.05) is 17.5 Å². The van der Waals surface area contributed by atoms with Crippen molar-refractivity contribution >= 4 is 27.4 Å². The average molecular weight is 302 g/mol. The van der Waals surface area contributed by atoms with Crippen LogP contribution in [0.2, 0.25) is 0 Å². The van der Waals surface area contributed by atoms with Crippen molar-refractivity contribution in [1.82, 2.24) is 9.97 Å². The monoisotopic (exact) mass is 302 g/mol. The zero-order valence-electron chi connectivity index (χ0n) is 11.3. The van der Waals surface area contributed by atoms with Gasteiger partial charge in [-0.2, -0.15) is 0 Å². The first kappa shape index (κ1) is 13.9. The van der Waals surface area contributed by atoms with Gasteiger partial charge in [0.2, 0.25) is 0 Å². The number of nitrogens with two attached hydrogens (primary N) is 1. The molecule has 0 aliphatic rings. The molecule has 0 radical (unpaired) electrons. The van der Waals surface area contributed by atoms with Crippen LogP contribution in [0, 0.1) is 5.82 Å². The zero-order chi connectivity index (χ0) is 14.7. The molecule has 3 rings (SSSR count). The third-order valence-corrected chi connectivity index (χ3v) is 4.09. The van der Waals surface area contributed by atoms with E-state index in [-0.39, 0.29) is 5.82 Å². The van der Waals surface area contributed by atoms with Crippen molar-refractivity contribution in [3.05, 3.63) is 41.8 Å². The second-order valence-electron chi connectivity index (χ2n) is 4.63. The van der Waals surface area contributed by atoms with Crippen molar-refractivity contribution < 1.29 is 4.39 Å². The number of anilines is 1. The lowest BCUT2D eigenvalue weighted by molar-refractivity contribution is 0.628. The van der Waals surface area contributed by atoms with Gasteiger partial charge in [-0.25, -0.2) is 14.4 Å². The van der Waals surface area contributed by atoms with Crippen molar-refractivity contribution in [1.29, 1.82) is 0 Å². The van der Waals surface area contributed by atoms with Gasteiger partial charge in [-0.1, -0.05) is 12.1 Å². The summed E-state index contributed by atoms with van der Waals surface area (Å²) < 4.78 is 13.1. The molecule has 0 saturated carbocycles.